The van der Waals surface area contributed by atoms with Gasteiger partial charge in [0.15, 0.2) is 0 Å². The number of halogens is 3. The van der Waals surface area contributed by atoms with Crippen molar-refractivity contribution >= 4 is 15.5 Å². The first-order valence-electron chi connectivity index (χ1n) is 5.73. The number of sulfone groups is 1. The second-order valence-electron chi connectivity index (χ2n) is 4.01. The summed E-state index contributed by atoms with van der Waals surface area (Å²) in [7, 11) is -5.41. The average molecular weight is 317 g/mol. The van der Waals surface area contributed by atoms with Crippen molar-refractivity contribution in [1.82, 2.24) is 10.2 Å². The Kier molecular flexibility index (Phi) is 4.12. The number of alkyl halides is 3. The van der Waals surface area contributed by atoms with Gasteiger partial charge in [-0.25, -0.2) is 8.42 Å². The van der Waals surface area contributed by atoms with Crippen LogP contribution in [0.5, 0.6) is 0 Å². The topological polar surface area (TPSA) is 72.0 Å². The van der Waals surface area contributed by atoms with Crippen LogP contribution < -0.4 is 5.32 Å². The summed E-state index contributed by atoms with van der Waals surface area (Å²) >= 11 is 0. The molecule has 0 saturated heterocycles. The minimum atomic E-state index is -5.41. The van der Waals surface area contributed by atoms with E-state index in [1.165, 1.54) is 24.4 Å². The number of hydrogen-bond donors (Lipinski definition) is 1. The van der Waals surface area contributed by atoms with Gasteiger partial charge < -0.3 is 5.32 Å². The van der Waals surface area contributed by atoms with Gasteiger partial charge in [-0.2, -0.15) is 23.4 Å². The second-order valence-corrected chi connectivity index (χ2v) is 5.92. The molecule has 2 rings (SSSR count). The first-order valence-corrected chi connectivity index (χ1v) is 7.21. The van der Waals surface area contributed by atoms with E-state index in [9.17, 15) is 21.6 Å². The number of nitrogens with zero attached hydrogens (tertiary/aromatic N) is 2. The van der Waals surface area contributed by atoms with Gasteiger partial charge in [-0.05, 0) is 24.3 Å². The summed E-state index contributed by atoms with van der Waals surface area (Å²) in [5, 5.41) is 10.00. The van der Waals surface area contributed by atoms with Crippen LogP contribution in [0, 0.1) is 0 Å². The lowest BCUT2D eigenvalue weighted by molar-refractivity contribution is -0.0435. The lowest BCUT2D eigenvalue weighted by Gasteiger charge is -2.13. The molecule has 5 nitrogen and oxygen atoms in total. The largest absolute Gasteiger partial charge is 0.501 e. The van der Waals surface area contributed by atoms with Crippen LogP contribution in [-0.4, -0.2) is 24.1 Å². The molecule has 1 aromatic heterocycles. The SMILES string of the molecule is O=S(=O)(c1ccccc1NCc1cccnn1)C(F)(F)F. The molecule has 2 aromatic rings. The first-order chi connectivity index (χ1) is 9.82. The van der Waals surface area contributed by atoms with Crippen LogP contribution in [-0.2, 0) is 16.4 Å². The summed E-state index contributed by atoms with van der Waals surface area (Å²) in [6.45, 7) is 0.0538. The summed E-state index contributed by atoms with van der Waals surface area (Å²) < 4.78 is 60.9. The zero-order valence-electron chi connectivity index (χ0n) is 10.5. The van der Waals surface area contributed by atoms with Gasteiger partial charge in [0, 0.05) is 6.20 Å². The molecule has 0 spiro atoms. The third-order valence-corrected chi connectivity index (χ3v) is 4.11. The summed E-state index contributed by atoms with van der Waals surface area (Å²) in [4.78, 5) is -0.818. The van der Waals surface area contributed by atoms with Crippen molar-refractivity contribution in [2.24, 2.45) is 0 Å². The van der Waals surface area contributed by atoms with Crippen molar-refractivity contribution in [3.8, 4) is 0 Å². The van der Waals surface area contributed by atoms with E-state index < -0.39 is 20.2 Å². The third-order valence-electron chi connectivity index (χ3n) is 2.57. The number of rotatable bonds is 4. The Morgan fingerprint density at radius 2 is 1.81 bits per heavy atom. The minimum absolute atomic E-state index is 0.0538. The smallest absolute Gasteiger partial charge is 0.378 e. The maximum atomic E-state index is 12.6. The molecule has 0 saturated carbocycles. The van der Waals surface area contributed by atoms with Crippen molar-refractivity contribution in [1.29, 1.82) is 0 Å². The number of anilines is 1. The van der Waals surface area contributed by atoms with Gasteiger partial charge in [0.25, 0.3) is 9.84 Å². The molecular weight excluding hydrogens is 307 g/mol. The molecule has 0 amide bonds. The van der Waals surface area contributed by atoms with Crippen LogP contribution >= 0.6 is 0 Å². The summed E-state index contributed by atoms with van der Waals surface area (Å²) in [6, 6.07) is 8.06. The van der Waals surface area contributed by atoms with Gasteiger partial charge in [-0.15, -0.1) is 0 Å². The van der Waals surface area contributed by atoms with E-state index in [0.29, 0.717) is 5.69 Å². The van der Waals surface area contributed by atoms with Crippen LogP contribution in [0.1, 0.15) is 5.69 Å². The summed E-state index contributed by atoms with van der Waals surface area (Å²) in [5.74, 6) is 0. The van der Waals surface area contributed by atoms with Gasteiger partial charge in [0.2, 0.25) is 0 Å². The Morgan fingerprint density at radius 1 is 1.10 bits per heavy atom. The molecule has 0 aliphatic heterocycles. The highest BCUT2D eigenvalue weighted by molar-refractivity contribution is 7.92. The molecule has 1 N–H and O–H groups in total. The Hall–Kier alpha value is -2.16. The van der Waals surface area contributed by atoms with Gasteiger partial charge >= 0.3 is 5.51 Å². The summed E-state index contributed by atoms with van der Waals surface area (Å²) in [6.07, 6.45) is 1.45. The van der Waals surface area contributed by atoms with E-state index in [0.717, 1.165) is 6.07 Å². The molecule has 9 heteroatoms. The quantitative estimate of drug-likeness (QED) is 0.937. The van der Waals surface area contributed by atoms with E-state index in [-0.39, 0.29) is 12.2 Å². The van der Waals surface area contributed by atoms with E-state index in [1.807, 2.05) is 0 Å². The molecule has 0 aliphatic carbocycles. The molecule has 0 aliphatic rings. The number of hydrogen-bond acceptors (Lipinski definition) is 5. The lowest BCUT2D eigenvalue weighted by Crippen LogP contribution is -2.24. The third kappa shape index (κ3) is 3.30. The van der Waals surface area contributed by atoms with Crippen LogP contribution in [0.4, 0.5) is 18.9 Å². The van der Waals surface area contributed by atoms with E-state index in [1.54, 1.807) is 12.1 Å². The number of para-hydroxylation sites is 1. The number of aromatic nitrogens is 2. The lowest BCUT2D eigenvalue weighted by atomic mass is 10.3. The van der Waals surface area contributed by atoms with Crippen molar-refractivity contribution in [2.75, 3.05) is 5.32 Å². The zero-order valence-corrected chi connectivity index (χ0v) is 11.3. The average Bonchev–Trinajstić information content (AvgIpc) is 2.45. The van der Waals surface area contributed by atoms with Gasteiger partial charge in [0.05, 0.1) is 22.8 Å². The highest BCUT2D eigenvalue weighted by Crippen LogP contribution is 2.34. The minimum Gasteiger partial charge on any atom is -0.378 e. The predicted molar refractivity (Wildman–Crippen MR) is 69.0 cm³/mol. The predicted octanol–water partition coefficient (Wildman–Crippen LogP) is 2.38. The number of benzene rings is 1. The van der Waals surface area contributed by atoms with Crippen molar-refractivity contribution in [3.63, 3.8) is 0 Å². The molecule has 0 atom stereocenters. The molecule has 0 fully saturated rings. The first kappa shape index (κ1) is 15.2. The van der Waals surface area contributed by atoms with Crippen LogP contribution in [0.15, 0.2) is 47.5 Å². The standard InChI is InChI=1S/C12H10F3N3O2S/c13-12(14,15)21(19,20)11-6-2-1-5-10(11)16-8-9-4-3-7-17-18-9/h1-7,16H,8H2. The molecule has 21 heavy (non-hydrogen) atoms. The fraction of sp³-hybridized carbons (Fsp3) is 0.167. The highest BCUT2D eigenvalue weighted by Gasteiger charge is 2.47. The maximum absolute atomic E-state index is 12.6. The maximum Gasteiger partial charge on any atom is 0.501 e. The van der Waals surface area contributed by atoms with Gasteiger partial charge in [0.1, 0.15) is 0 Å². The Balaban J connectivity index is 2.30. The van der Waals surface area contributed by atoms with Crippen LogP contribution in [0.25, 0.3) is 0 Å². The summed E-state index contributed by atoms with van der Waals surface area (Å²) in [5.41, 5.74) is -5.02. The van der Waals surface area contributed by atoms with E-state index >= 15 is 0 Å². The van der Waals surface area contributed by atoms with Gasteiger partial charge in [-0.3, -0.25) is 0 Å². The molecule has 0 bridgehead atoms. The molecule has 0 unspecified atom stereocenters. The normalized spacial score (nSPS) is 12.1. The number of nitrogens with one attached hydrogen (secondary N) is 1. The Bertz CT molecular complexity index is 718. The van der Waals surface area contributed by atoms with E-state index in [2.05, 4.69) is 15.5 Å². The van der Waals surface area contributed by atoms with Crippen molar-refractivity contribution < 1.29 is 21.6 Å². The highest BCUT2D eigenvalue weighted by atomic mass is 32.2. The van der Waals surface area contributed by atoms with Crippen molar-refractivity contribution in [2.45, 2.75) is 16.9 Å². The molecule has 0 radical (unpaired) electrons. The van der Waals surface area contributed by atoms with E-state index in [4.69, 9.17) is 0 Å². The fourth-order valence-electron chi connectivity index (χ4n) is 1.59. The molecule has 1 heterocycles. The fourth-order valence-corrected chi connectivity index (χ4v) is 2.52. The van der Waals surface area contributed by atoms with Crippen molar-refractivity contribution in [3.05, 3.63) is 48.3 Å². The van der Waals surface area contributed by atoms with Gasteiger partial charge in [-0.1, -0.05) is 12.1 Å². The van der Waals surface area contributed by atoms with Crippen LogP contribution in [0.3, 0.4) is 0 Å². The Morgan fingerprint density at radius 3 is 2.43 bits per heavy atom. The zero-order chi connectivity index (χ0) is 15.5. The molecule has 112 valence electrons. The van der Waals surface area contributed by atoms with Crippen LogP contribution in [0.2, 0.25) is 0 Å². The Labute approximate surface area is 118 Å². The molecular formula is C12H10F3N3O2S. The molecule has 1 aromatic carbocycles. The monoisotopic (exact) mass is 317 g/mol. The second kappa shape index (κ2) is 5.68.